The average molecular weight is 512 g/mol. The van der Waals surface area contributed by atoms with Gasteiger partial charge in [0.15, 0.2) is 5.58 Å². The number of fused-ring (bicyclic) bond motifs is 2. The Labute approximate surface area is 215 Å². The van der Waals surface area contributed by atoms with Gasteiger partial charge in [-0.2, -0.15) is 0 Å². The van der Waals surface area contributed by atoms with Crippen LogP contribution in [0.3, 0.4) is 0 Å². The average Bonchev–Trinajstić information content (AvgIpc) is 3.43. The van der Waals surface area contributed by atoms with Crippen LogP contribution in [-0.2, 0) is 22.6 Å². The van der Waals surface area contributed by atoms with Crippen molar-refractivity contribution >= 4 is 34.6 Å². The van der Waals surface area contributed by atoms with E-state index in [0.29, 0.717) is 54.5 Å². The van der Waals surface area contributed by atoms with Crippen molar-refractivity contribution in [1.29, 1.82) is 0 Å². The van der Waals surface area contributed by atoms with Crippen LogP contribution in [0.2, 0.25) is 5.02 Å². The Morgan fingerprint density at radius 3 is 2.72 bits per heavy atom. The van der Waals surface area contributed by atoms with Crippen molar-refractivity contribution in [1.82, 2.24) is 15.0 Å². The number of benzene rings is 2. The predicted octanol–water partition coefficient (Wildman–Crippen LogP) is 5.52. The number of rotatable bonds is 5. The number of carbonyl (C=O) groups excluding carboxylic acids is 2. The molecule has 1 aromatic heterocycles. The fourth-order valence-electron chi connectivity index (χ4n) is 4.93. The maximum absolute atomic E-state index is 13.3. The van der Waals surface area contributed by atoms with E-state index in [1.54, 1.807) is 4.90 Å². The summed E-state index contributed by atoms with van der Waals surface area (Å²) in [6.45, 7) is 7.17. The van der Waals surface area contributed by atoms with E-state index in [1.165, 1.54) is 0 Å². The number of nitrogens with zero attached hydrogens (tertiary/aromatic N) is 3. The molecule has 3 aromatic rings. The Balaban J connectivity index is 1.50. The minimum Gasteiger partial charge on any atom is -0.487 e. The number of likely N-dealkylation sites (tertiary alicyclic amines) is 1. The number of hydrogen-bond donors (Lipinski definition) is 0. The first-order chi connectivity index (χ1) is 17.2. The molecule has 1 saturated heterocycles. The lowest BCUT2D eigenvalue weighted by Gasteiger charge is -2.40. The Bertz CT molecular complexity index is 1300. The summed E-state index contributed by atoms with van der Waals surface area (Å²) in [4.78, 5) is 29.3. The minimum absolute atomic E-state index is 0.0878. The molecular weight excluding hydrogens is 482 g/mol. The van der Waals surface area contributed by atoms with Gasteiger partial charge in [-0.05, 0) is 63.4 Å². The summed E-state index contributed by atoms with van der Waals surface area (Å²) < 4.78 is 17.5. The van der Waals surface area contributed by atoms with Crippen LogP contribution in [-0.4, -0.2) is 52.2 Å². The second-order valence-electron chi connectivity index (χ2n) is 10.2. The lowest BCUT2D eigenvalue weighted by Crippen LogP contribution is -2.47. The largest absolute Gasteiger partial charge is 0.487 e. The molecule has 9 heteroatoms. The van der Waals surface area contributed by atoms with Gasteiger partial charge in [-0.3, -0.25) is 9.69 Å². The molecular formula is C27H30ClN3O5. The quantitative estimate of drug-likeness (QED) is 0.448. The summed E-state index contributed by atoms with van der Waals surface area (Å²) in [6, 6.07) is 10.8. The number of carbonyl (C=O) groups is 2. The summed E-state index contributed by atoms with van der Waals surface area (Å²) in [5.41, 5.74) is 2.46. The van der Waals surface area contributed by atoms with Crippen LogP contribution in [0.4, 0.5) is 4.79 Å². The molecule has 0 spiro atoms. The van der Waals surface area contributed by atoms with E-state index in [9.17, 15) is 9.59 Å². The van der Waals surface area contributed by atoms with Crippen molar-refractivity contribution in [3.8, 4) is 5.75 Å². The first-order valence-electron chi connectivity index (χ1n) is 12.3. The van der Waals surface area contributed by atoms with E-state index in [1.807, 2.05) is 62.1 Å². The van der Waals surface area contributed by atoms with Crippen molar-refractivity contribution in [2.75, 3.05) is 19.6 Å². The molecule has 2 amide bonds. The molecule has 8 nitrogen and oxygen atoms in total. The third-order valence-corrected chi connectivity index (χ3v) is 6.94. The summed E-state index contributed by atoms with van der Waals surface area (Å²) in [5, 5.41) is 5.67. The normalized spacial score (nSPS) is 18.0. The topological polar surface area (TPSA) is 85.1 Å². The van der Waals surface area contributed by atoms with E-state index in [-0.39, 0.29) is 12.5 Å². The SMILES string of the molecule is CC(C)(C)OC(=O)N1CCc2c(Cl)ccc(OCc3noc4ccccc34)c2[C@H]1CN1CCCC1=O. The Morgan fingerprint density at radius 1 is 1.17 bits per heavy atom. The van der Waals surface area contributed by atoms with Gasteiger partial charge in [-0.1, -0.05) is 28.9 Å². The van der Waals surface area contributed by atoms with Crippen LogP contribution in [0, 0.1) is 0 Å². The zero-order chi connectivity index (χ0) is 25.4. The predicted molar refractivity (Wildman–Crippen MR) is 135 cm³/mol. The summed E-state index contributed by atoms with van der Waals surface area (Å²) in [5.74, 6) is 0.691. The number of hydrogen-bond acceptors (Lipinski definition) is 6. The molecule has 36 heavy (non-hydrogen) atoms. The molecule has 0 N–H and O–H groups in total. The zero-order valence-corrected chi connectivity index (χ0v) is 21.5. The van der Waals surface area contributed by atoms with Crippen LogP contribution in [0.15, 0.2) is 40.9 Å². The van der Waals surface area contributed by atoms with Gasteiger partial charge in [0.05, 0.1) is 6.04 Å². The first-order valence-corrected chi connectivity index (χ1v) is 12.6. The molecule has 0 radical (unpaired) electrons. The maximum atomic E-state index is 13.3. The van der Waals surface area contributed by atoms with Gasteiger partial charge in [0.2, 0.25) is 5.91 Å². The minimum atomic E-state index is -0.646. The maximum Gasteiger partial charge on any atom is 0.410 e. The molecule has 2 aliphatic rings. The third kappa shape index (κ3) is 4.87. The fourth-order valence-corrected chi connectivity index (χ4v) is 5.19. The van der Waals surface area contributed by atoms with Crippen molar-refractivity contribution in [3.63, 3.8) is 0 Å². The summed E-state index contributed by atoms with van der Waals surface area (Å²) in [7, 11) is 0. The van der Waals surface area contributed by atoms with Crippen LogP contribution in [0.1, 0.15) is 56.5 Å². The Hall–Kier alpha value is -3.26. The van der Waals surface area contributed by atoms with Crippen LogP contribution in [0.25, 0.3) is 11.0 Å². The molecule has 2 aliphatic heterocycles. The molecule has 5 rings (SSSR count). The van der Waals surface area contributed by atoms with E-state index >= 15 is 0 Å². The molecule has 0 aliphatic carbocycles. The highest BCUT2D eigenvalue weighted by Crippen LogP contribution is 2.42. The smallest absolute Gasteiger partial charge is 0.410 e. The van der Waals surface area contributed by atoms with E-state index in [2.05, 4.69) is 5.16 Å². The second kappa shape index (κ2) is 9.65. The molecule has 190 valence electrons. The van der Waals surface area contributed by atoms with Crippen molar-refractivity contribution in [3.05, 3.63) is 58.2 Å². The van der Waals surface area contributed by atoms with E-state index < -0.39 is 17.7 Å². The van der Waals surface area contributed by atoms with Crippen LogP contribution >= 0.6 is 11.6 Å². The van der Waals surface area contributed by atoms with Gasteiger partial charge in [0.25, 0.3) is 0 Å². The van der Waals surface area contributed by atoms with Gasteiger partial charge < -0.3 is 18.9 Å². The molecule has 3 heterocycles. The number of aromatic nitrogens is 1. The lowest BCUT2D eigenvalue weighted by atomic mass is 9.91. The van der Waals surface area contributed by atoms with Gasteiger partial charge >= 0.3 is 6.09 Å². The van der Waals surface area contributed by atoms with Gasteiger partial charge in [-0.15, -0.1) is 0 Å². The zero-order valence-electron chi connectivity index (χ0n) is 20.8. The van der Waals surface area contributed by atoms with E-state index in [0.717, 1.165) is 22.9 Å². The molecule has 0 saturated carbocycles. The first kappa shape index (κ1) is 24.4. The number of para-hydroxylation sites is 1. The Kier molecular flexibility index (Phi) is 6.55. The van der Waals surface area contributed by atoms with Gasteiger partial charge in [0, 0.05) is 42.0 Å². The highest BCUT2D eigenvalue weighted by Gasteiger charge is 2.39. The number of ether oxygens (including phenoxy) is 2. The molecule has 2 aromatic carbocycles. The molecule has 1 fully saturated rings. The monoisotopic (exact) mass is 511 g/mol. The lowest BCUT2D eigenvalue weighted by molar-refractivity contribution is -0.128. The molecule has 1 atom stereocenters. The molecule has 0 bridgehead atoms. The number of amides is 2. The Morgan fingerprint density at radius 2 is 1.97 bits per heavy atom. The van der Waals surface area contributed by atoms with Crippen molar-refractivity contribution in [2.24, 2.45) is 0 Å². The van der Waals surface area contributed by atoms with Crippen molar-refractivity contribution < 1.29 is 23.6 Å². The number of halogens is 1. The summed E-state index contributed by atoms with van der Waals surface area (Å²) in [6.07, 6.45) is 1.47. The fraction of sp³-hybridized carbons (Fsp3) is 0.444. The van der Waals surface area contributed by atoms with Gasteiger partial charge in [-0.25, -0.2) is 4.79 Å². The standard InChI is InChI=1S/C27H30ClN3O5/c1-27(2,3)35-26(33)31-14-12-17-19(28)10-11-23(25(17)21(31)15-30-13-6-9-24(30)32)34-16-20-18-7-4-5-8-22(18)36-29-20/h4-5,7-8,10-11,21H,6,9,12-16H2,1-3H3/t21-/m1/s1. The third-order valence-electron chi connectivity index (χ3n) is 6.58. The highest BCUT2D eigenvalue weighted by atomic mass is 35.5. The highest BCUT2D eigenvalue weighted by molar-refractivity contribution is 6.31. The second-order valence-corrected chi connectivity index (χ2v) is 10.6. The molecule has 0 unspecified atom stereocenters. The van der Waals surface area contributed by atoms with Gasteiger partial charge in [0.1, 0.15) is 23.7 Å². The van der Waals surface area contributed by atoms with E-state index in [4.69, 9.17) is 25.6 Å². The van der Waals surface area contributed by atoms with Crippen LogP contribution < -0.4 is 4.74 Å². The summed E-state index contributed by atoms with van der Waals surface area (Å²) >= 11 is 6.64. The van der Waals surface area contributed by atoms with Crippen molar-refractivity contribution in [2.45, 2.75) is 58.3 Å². The van der Waals surface area contributed by atoms with Crippen LogP contribution in [0.5, 0.6) is 5.75 Å².